The van der Waals surface area contributed by atoms with Crippen LogP contribution in [0.15, 0.2) is 55.0 Å². The van der Waals surface area contributed by atoms with Gasteiger partial charge in [-0.25, -0.2) is 4.98 Å². The van der Waals surface area contributed by atoms with E-state index >= 15 is 0 Å². The Labute approximate surface area is 151 Å². The highest BCUT2D eigenvalue weighted by Crippen LogP contribution is 2.49. The van der Waals surface area contributed by atoms with Crippen LogP contribution in [0.4, 0.5) is 0 Å². The number of carbonyl (C=O) groups is 1. The van der Waals surface area contributed by atoms with Crippen molar-refractivity contribution in [2.75, 3.05) is 0 Å². The number of nitrogens with zero attached hydrogens (tertiary/aromatic N) is 2. The summed E-state index contributed by atoms with van der Waals surface area (Å²) < 4.78 is 2.18. The lowest BCUT2D eigenvalue weighted by Crippen LogP contribution is -2.29. The van der Waals surface area contributed by atoms with Gasteiger partial charge in [-0.15, -0.1) is 0 Å². The maximum atomic E-state index is 11.4. The number of aliphatic hydroxyl groups excluding tert-OH is 1. The number of rotatable bonds is 2. The van der Waals surface area contributed by atoms with Crippen molar-refractivity contribution in [3.05, 3.63) is 77.2 Å². The van der Waals surface area contributed by atoms with Gasteiger partial charge in [-0.05, 0) is 41.7 Å². The van der Waals surface area contributed by atoms with E-state index in [0.717, 1.165) is 29.7 Å². The van der Waals surface area contributed by atoms with Crippen LogP contribution in [-0.4, -0.2) is 20.6 Å². The van der Waals surface area contributed by atoms with E-state index in [9.17, 15) is 9.90 Å². The molecule has 5 nitrogen and oxygen atoms in total. The van der Waals surface area contributed by atoms with Crippen molar-refractivity contribution in [2.45, 2.75) is 25.0 Å². The number of carbonyl (C=O) groups excluding carboxylic acids is 1. The van der Waals surface area contributed by atoms with E-state index in [0.29, 0.717) is 5.56 Å². The highest BCUT2D eigenvalue weighted by atomic mass is 16.3. The van der Waals surface area contributed by atoms with Gasteiger partial charge in [0.15, 0.2) is 0 Å². The Bertz CT molecular complexity index is 1020. The fourth-order valence-electron chi connectivity index (χ4n) is 4.62. The van der Waals surface area contributed by atoms with Crippen molar-refractivity contribution >= 4 is 5.91 Å². The zero-order chi connectivity index (χ0) is 17.8. The average Bonchev–Trinajstić information content (AvgIpc) is 3.23. The minimum Gasteiger partial charge on any atom is -0.388 e. The first kappa shape index (κ1) is 15.3. The van der Waals surface area contributed by atoms with Crippen molar-refractivity contribution in [2.24, 2.45) is 11.7 Å². The van der Waals surface area contributed by atoms with Crippen LogP contribution in [0.3, 0.4) is 0 Å². The highest BCUT2D eigenvalue weighted by molar-refractivity contribution is 5.93. The van der Waals surface area contributed by atoms with E-state index < -0.39 is 12.0 Å². The Hall–Kier alpha value is -2.92. The number of amides is 1. The van der Waals surface area contributed by atoms with Crippen molar-refractivity contribution < 1.29 is 9.90 Å². The van der Waals surface area contributed by atoms with Crippen molar-refractivity contribution in [1.29, 1.82) is 0 Å². The molecule has 1 unspecified atom stereocenters. The van der Waals surface area contributed by atoms with E-state index in [1.54, 1.807) is 6.07 Å². The van der Waals surface area contributed by atoms with Gasteiger partial charge in [0, 0.05) is 17.0 Å². The first-order valence-electron chi connectivity index (χ1n) is 8.87. The summed E-state index contributed by atoms with van der Waals surface area (Å²) in [4.78, 5) is 15.8. The molecular weight excluding hydrogens is 326 g/mol. The molecule has 2 aliphatic rings. The second-order valence-corrected chi connectivity index (χ2v) is 7.14. The maximum Gasteiger partial charge on any atom is 0.248 e. The second-order valence-electron chi connectivity index (χ2n) is 7.14. The minimum absolute atomic E-state index is 0.0542. The Kier molecular flexibility index (Phi) is 3.27. The van der Waals surface area contributed by atoms with E-state index in [1.807, 2.05) is 36.8 Å². The SMILES string of the molecule is NC(=O)c1ccc2c(c1)CC[C@H](C1c3ccccc3-c3cncn31)[C@H]2O. The molecule has 0 spiro atoms. The summed E-state index contributed by atoms with van der Waals surface area (Å²) >= 11 is 0. The molecule has 2 heterocycles. The fourth-order valence-corrected chi connectivity index (χ4v) is 4.62. The first-order valence-corrected chi connectivity index (χ1v) is 8.87. The molecule has 1 aromatic heterocycles. The number of aromatic nitrogens is 2. The third kappa shape index (κ3) is 2.07. The smallest absolute Gasteiger partial charge is 0.248 e. The summed E-state index contributed by atoms with van der Waals surface area (Å²) in [6.07, 6.45) is 4.82. The molecule has 1 aliphatic heterocycles. The molecule has 1 aliphatic carbocycles. The summed E-state index contributed by atoms with van der Waals surface area (Å²) in [6.45, 7) is 0. The van der Waals surface area contributed by atoms with E-state index in [4.69, 9.17) is 5.73 Å². The molecule has 5 rings (SSSR count). The largest absolute Gasteiger partial charge is 0.388 e. The predicted molar refractivity (Wildman–Crippen MR) is 97.5 cm³/mol. The van der Waals surface area contributed by atoms with E-state index in [1.165, 1.54) is 11.1 Å². The minimum atomic E-state index is -0.591. The van der Waals surface area contributed by atoms with Gasteiger partial charge >= 0.3 is 0 Å². The van der Waals surface area contributed by atoms with Gasteiger partial charge in [0.25, 0.3) is 0 Å². The Morgan fingerprint density at radius 1 is 1.19 bits per heavy atom. The molecule has 2 aromatic carbocycles. The molecule has 5 heteroatoms. The van der Waals surface area contributed by atoms with E-state index in [-0.39, 0.29) is 12.0 Å². The van der Waals surface area contributed by atoms with Crippen molar-refractivity contribution in [3.63, 3.8) is 0 Å². The molecule has 0 fully saturated rings. The standard InChI is InChI=1S/C21H19N3O2/c22-21(26)13-6-7-14-12(9-13)5-8-17(20(14)25)19-16-4-2-1-3-15(16)18-10-23-11-24(18)19/h1-4,6-7,9-11,17,19-20,25H,5,8H2,(H2,22,26)/t17-,19?,20+/m1/s1. The second kappa shape index (κ2) is 5.54. The number of nitrogens with two attached hydrogens (primary N) is 1. The van der Waals surface area contributed by atoms with Crippen LogP contribution in [0.2, 0.25) is 0 Å². The Morgan fingerprint density at radius 2 is 2.04 bits per heavy atom. The lowest BCUT2D eigenvalue weighted by Gasteiger charge is -2.35. The molecule has 3 atom stereocenters. The number of primary amides is 1. The monoisotopic (exact) mass is 345 g/mol. The normalized spacial score (nSPS) is 23.2. The molecule has 0 saturated carbocycles. The van der Waals surface area contributed by atoms with E-state index in [2.05, 4.69) is 21.7 Å². The maximum absolute atomic E-state index is 11.4. The summed E-state index contributed by atoms with van der Waals surface area (Å²) in [5.41, 5.74) is 11.3. The van der Waals surface area contributed by atoms with Gasteiger partial charge in [-0.2, -0.15) is 0 Å². The summed E-state index contributed by atoms with van der Waals surface area (Å²) in [6, 6.07) is 13.8. The number of fused-ring (bicyclic) bond motifs is 4. The third-order valence-corrected chi connectivity index (χ3v) is 5.83. The van der Waals surface area contributed by atoms with Gasteiger partial charge in [0.1, 0.15) is 0 Å². The Morgan fingerprint density at radius 3 is 2.88 bits per heavy atom. The molecule has 130 valence electrons. The van der Waals surface area contributed by atoms with Gasteiger partial charge in [-0.1, -0.05) is 30.3 Å². The number of hydrogen-bond donors (Lipinski definition) is 2. The zero-order valence-corrected chi connectivity index (χ0v) is 14.2. The third-order valence-electron chi connectivity index (χ3n) is 5.83. The lowest BCUT2D eigenvalue weighted by atomic mass is 9.75. The quantitative estimate of drug-likeness (QED) is 0.749. The van der Waals surface area contributed by atoms with Gasteiger partial charge in [0.2, 0.25) is 5.91 Å². The zero-order valence-electron chi connectivity index (χ0n) is 14.2. The molecule has 0 bridgehead atoms. The molecule has 0 saturated heterocycles. The van der Waals surface area contributed by atoms with Gasteiger partial charge < -0.3 is 15.4 Å². The molecule has 0 radical (unpaired) electrons. The van der Waals surface area contributed by atoms with Crippen LogP contribution in [0, 0.1) is 5.92 Å². The molecule has 26 heavy (non-hydrogen) atoms. The number of imidazole rings is 1. The number of benzene rings is 2. The number of aliphatic hydroxyl groups is 1. The summed E-state index contributed by atoms with van der Waals surface area (Å²) in [5.74, 6) is -0.379. The van der Waals surface area contributed by atoms with Crippen LogP contribution >= 0.6 is 0 Å². The van der Waals surface area contributed by atoms with Crippen LogP contribution in [0.5, 0.6) is 0 Å². The lowest BCUT2D eigenvalue weighted by molar-refractivity contribution is 0.0719. The number of aryl methyl sites for hydroxylation is 1. The van der Waals surface area contributed by atoms with Crippen LogP contribution in [0.25, 0.3) is 11.3 Å². The summed E-state index contributed by atoms with van der Waals surface area (Å²) in [7, 11) is 0. The van der Waals surface area contributed by atoms with Gasteiger partial charge in [0.05, 0.1) is 30.4 Å². The van der Waals surface area contributed by atoms with Crippen LogP contribution in [0.1, 0.15) is 45.6 Å². The average molecular weight is 345 g/mol. The molecule has 3 N–H and O–H groups in total. The van der Waals surface area contributed by atoms with Crippen molar-refractivity contribution in [3.8, 4) is 11.3 Å². The van der Waals surface area contributed by atoms with Gasteiger partial charge in [-0.3, -0.25) is 4.79 Å². The van der Waals surface area contributed by atoms with Crippen LogP contribution < -0.4 is 5.73 Å². The predicted octanol–water partition coefficient (Wildman–Crippen LogP) is 2.85. The Balaban J connectivity index is 1.57. The molecule has 1 amide bonds. The number of hydrogen-bond acceptors (Lipinski definition) is 3. The topological polar surface area (TPSA) is 81.1 Å². The first-order chi connectivity index (χ1) is 12.6. The molecular formula is C21H19N3O2. The molecule has 3 aromatic rings. The summed E-state index contributed by atoms with van der Waals surface area (Å²) in [5, 5.41) is 11.1. The highest BCUT2D eigenvalue weighted by Gasteiger charge is 2.40. The van der Waals surface area contributed by atoms with Crippen molar-refractivity contribution in [1.82, 2.24) is 9.55 Å². The fraction of sp³-hybridized carbons (Fsp3) is 0.238. The van der Waals surface area contributed by atoms with Crippen LogP contribution in [-0.2, 0) is 6.42 Å².